The molecule has 9 nitrogen and oxygen atoms in total. The van der Waals surface area contributed by atoms with Gasteiger partial charge in [-0.1, -0.05) is 31.2 Å². The zero-order chi connectivity index (χ0) is 36.9. The summed E-state index contributed by atoms with van der Waals surface area (Å²) in [4.78, 5) is 50.1. The van der Waals surface area contributed by atoms with Crippen LogP contribution in [0.3, 0.4) is 0 Å². The molecule has 0 radical (unpaired) electrons. The van der Waals surface area contributed by atoms with Crippen molar-refractivity contribution in [3.63, 3.8) is 0 Å². The maximum absolute atomic E-state index is 12.4. The van der Waals surface area contributed by atoms with Gasteiger partial charge in [0.1, 0.15) is 22.0 Å². The highest BCUT2D eigenvalue weighted by Crippen LogP contribution is 2.42. The maximum Gasteiger partial charge on any atom is 0.410 e. The van der Waals surface area contributed by atoms with Crippen molar-refractivity contribution in [2.24, 2.45) is 0 Å². The van der Waals surface area contributed by atoms with Crippen LogP contribution in [0.15, 0.2) is 48.5 Å². The van der Waals surface area contributed by atoms with Crippen molar-refractivity contribution in [2.75, 3.05) is 19.6 Å². The van der Waals surface area contributed by atoms with E-state index in [-0.39, 0.29) is 18.0 Å². The molecular weight excluding hydrogens is 701 g/mol. The third-order valence-corrected chi connectivity index (χ3v) is 11.4. The van der Waals surface area contributed by atoms with E-state index in [0.29, 0.717) is 39.0 Å². The molecular formula is C39H48N4O5S3. The number of aryl methyl sites for hydroxylation is 2. The van der Waals surface area contributed by atoms with Crippen molar-refractivity contribution >= 4 is 72.4 Å². The fourth-order valence-corrected chi connectivity index (χ4v) is 8.92. The van der Waals surface area contributed by atoms with E-state index >= 15 is 0 Å². The van der Waals surface area contributed by atoms with Gasteiger partial charge < -0.3 is 19.3 Å². The summed E-state index contributed by atoms with van der Waals surface area (Å²) in [6.07, 6.45) is 2.27. The number of hydrogen-bond donors (Lipinski definition) is 0. The molecule has 1 saturated heterocycles. The molecule has 2 aromatic carbocycles. The zero-order valence-corrected chi connectivity index (χ0v) is 33.3. The number of nitrogens with zero attached hydrogens (tertiary/aromatic N) is 4. The van der Waals surface area contributed by atoms with Crippen molar-refractivity contribution in [1.29, 1.82) is 0 Å². The second-order valence-corrected chi connectivity index (χ2v) is 18.0. The zero-order valence-electron chi connectivity index (χ0n) is 30.8. The highest BCUT2D eigenvalue weighted by Gasteiger charge is 2.30. The lowest BCUT2D eigenvalue weighted by molar-refractivity contribution is -0.121. The van der Waals surface area contributed by atoms with Crippen LogP contribution in [0.4, 0.5) is 9.59 Å². The van der Waals surface area contributed by atoms with Gasteiger partial charge in [0.05, 0.1) is 32.0 Å². The summed E-state index contributed by atoms with van der Waals surface area (Å²) in [5.41, 5.74) is 3.89. The number of benzene rings is 2. The quantitative estimate of drug-likeness (QED) is 0.177. The number of para-hydroxylation sites is 2. The first-order chi connectivity index (χ1) is 24.1. The van der Waals surface area contributed by atoms with Gasteiger partial charge in [-0.3, -0.25) is 4.79 Å². The molecule has 5 heterocycles. The summed E-state index contributed by atoms with van der Waals surface area (Å²) in [5.74, 6) is 0.227. The molecule has 12 heteroatoms. The molecule has 0 saturated carbocycles. The topological polar surface area (TPSA) is 102 Å². The standard InChI is InChI=1S/C20H22N2O2S2.C10H17NO3.C9H9NS/c1-12-17(18-21-14-7-5-6-8-15(14)26-18)13-9-10-22(11-16(13)25-12)19(23)24-20(2,3)4;1-10(2,3)14-9(13)11-6-4-8(12)5-7-11;1-2-9-10-7-5-3-4-6-8(7)11-9/h5-8H,9-11H2,1-4H3;4-7H2,1-3H3;3-6H,2H2,1H3. The van der Waals surface area contributed by atoms with Gasteiger partial charge in [0.25, 0.3) is 0 Å². The van der Waals surface area contributed by atoms with Crippen LogP contribution < -0.4 is 0 Å². The minimum Gasteiger partial charge on any atom is -0.444 e. The Bertz CT molecular complexity index is 1920. The lowest BCUT2D eigenvalue weighted by Crippen LogP contribution is -2.41. The van der Waals surface area contributed by atoms with Crippen molar-refractivity contribution in [3.8, 4) is 10.6 Å². The monoisotopic (exact) mass is 748 g/mol. The van der Waals surface area contributed by atoms with Gasteiger partial charge in [-0.15, -0.1) is 34.0 Å². The van der Waals surface area contributed by atoms with Gasteiger partial charge in [0.2, 0.25) is 0 Å². The maximum atomic E-state index is 12.4. The Balaban J connectivity index is 0.000000169. The van der Waals surface area contributed by atoms with Gasteiger partial charge in [0.15, 0.2) is 0 Å². The summed E-state index contributed by atoms with van der Waals surface area (Å²) in [5, 5.41) is 2.32. The lowest BCUT2D eigenvalue weighted by Gasteiger charge is -2.30. The summed E-state index contributed by atoms with van der Waals surface area (Å²) in [6, 6.07) is 16.5. The second-order valence-electron chi connectivity index (χ2n) is 14.5. The second kappa shape index (κ2) is 16.2. The number of hydrogen-bond acceptors (Lipinski definition) is 10. The Morgan fingerprint density at radius 3 is 1.82 bits per heavy atom. The number of carbonyl (C=O) groups is 3. The molecule has 0 spiro atoms. The number of ether oxygens (including phenoxy) is 2. The first-order valence-electron chi connectivity index (χ1n) is 17.4. The van der Waals surface area contributed by atoms with Crippen molar-refractivity contribution in [3.05, 3.63) is 68.9 Å². The highest BCUT2D eigenvalue weighted by molar-refractivity contribution is 7.22. The van der Waals surface area contributed by atoms with E-state index in [1.165, 1.54) is 35.3 Å². The minimum absolute atomic E-state index is 0.226. The van der Waals surface area contributed by atoms with Crippen LogP contribution in [0, 0.1) is 6.92 Å². The molecule has 2 aliphatic rings. The summed E-state index contributed by atoms with van der Waals surface area (Å²) < 4.78 is 13.2. The van der Waals surface area contributed by atoms with Crippen LogP contribution in [-0.4, -0.2) is 68.6 Å². The van der Waals surface area contributed by atoms with Crippen LogP contribution in [0.1, 0.15) is 81.6 Å². The highest BCUT2D eigenvalue weighted by atomic mass is 32.1. The minimum atomic E-state index is -0.463. The van der Waals surface area contributed by atoms with E-state index in [1.807, 2.05) is 58.6 Å². The molecule has 2 amide bonds. The Morgan fingerprint density at radius 2 is 1.27 bits per heavy atom. The van der Waals surface area contributed by atoms with E-state index in [4.69, 9.17) is 14.5 Å². The van der Waals surface area contributed by atoms with Crippen LogP contribution in [-0.2, 0) is 33.7 Å². The Hall–Kier alpha value is -3.87. The number of carbonyl (C=O) groups excluding carboxylic acids is 3. The van der Waals surface area contributed by atoms with Gasteiger partial charge in [-0.05, 0) is 91.1 Å². The van der Waals surface area contributed by atoms with Gasteiger partial charge in [-0.25, -0.2) is 19.6 Å². The van der Waals surface area contributed by atoms with Gasteiger partial charge >= 0.3 is 12.2 Å². The number of piperidine rings is 1. The number of amides is 2. The first kappa shape index (κ1) is 38.4. The van der Waals surface area contributed by atoms with Gasteiger partial charge in [0, 0.05) is 47.8 Å². The number of rotatable bonds is 2. The van der Waals surface area contributed by atoms with Crippen LogP contribution in [0.5, 0.6) is 0 Å². The summed E-state index contributed by atoms with van der Waals surface area (Å²) in [6.45, 7) is 17.8. The Labute approximate surface area is 312 Å². The van der Waals surface area contributed by atoms with Gasteiger partial charge in [-0.2, -0.15) is 0 Å². The summed E-state index contributed by atoms with van der Waals surface area (Å²) in [7, 11) is 0. The molecule has 1 fully saturated rings. The van der Waals surface area contributed by atoms with Crippen molar-refractivity contribution in [1.82, 2.24) is 19.8 Å². The van der Waals surface area contributed by atoms with E-state index in [2.05, 4.69) is 55.2 Å². The molecule has 5 aromatic rings. The molecule has 3 aromatic heterocycles. The predicted octanol–water partition coefficient (Wildman–Crippen LogP) is 10.1. The molecule has 0 N–H and O–H groups in total. The molecule has 0 atom stereocenters. The van der Waals surface area contributed by atoms with E-state index in [1.54, 1.807) is 38.9 Å². The molecule has 0 bridgehead atoms. The average Bonchev–Trinajstić information content (AvgIpc) is 3.77. The molecule has 0 unspecified atom stereocenters. The molecule has 272 valence electrons. The van der Waals surface area contributed by atoms with Crippen molar-refractivity contribution in [2.45, 2.75) is 98.8 Å². The fraction of sp³-hybridized carbons (Fsp3) is 0.462. The third kappa shape index (κ3) is 10.4. The van der Waals surface area contributed by atoms with E-state index in [9.17, 15) is 14.4 Å². The molecule has 7 rings (SSSR count). The van der Waals surface area contributed by atoms with Crippen molar-refractivity contribution < 1.29 is 23.9 Å². The average molecular weight is 749 g/mol. The molecule has 51 heavy (non-hydrogen) atoms. The summed E-state index contributed by atoms with van der Waals surface area (Å²) >= 11 is 5.31. The van der Waals surface area contributed by atoms with Crippen LogP contribution in [0.25, 0.3) is 31.0 Å². The molecule has 2 aliphatic heterocycles. The predicted molar refractivity (Wildman–Crippen MR) is 209 cm³/mol. The SMILES string of the molecule is CC(C)(C)OC(=O)N1CCC(=O)CC1.CCc1nc2ccccc2s1.Cc1sc2c(c1-c1nc3ccccc3s1)CCN(C(=O)OC(C)(C)C)C2. The number of thiazole rings is 2. The Kier molecular flexibility index (Phi) is 12.2. The fourth-order valence-electron chi connectivity index (χ4n) is 5.62. The Morgan fingerprint density at radius 1 is 0.745 bits per heavy atom. The number of ketones is 1. The lowest BCUT2D eigenvalue weighted by atomic mass is 10.0. The number of thiophene rings is 1. The number of aromatic nitrogens is 2. The van der Waals surface area contributed by atoms with E-state index < -0.39 is 11.2 Å². The third-order valence-electron chi connectivity index (χ3n) is 8.01. The largest absolute Gasteiger partial charge is 0.444 e. The smallest absolute Gasteiger partial charge is 0.410 e. The van der Waals surface area contributed by atoms with E-state index in [0.717, 1.165) is 28.9 Å². The van der Waals surface area contributed by atoms with Crippen LogP contribution >= 0.6 is 34.0 Å². The first-order valence-corrected chi connectivity index (χ1v) is 19.8. The molecule has 0 aliphatic carbocycles. The number of fused-ring (bicyclic) bond motifs is 3. The van der Waals surface area contributed by atoms with Crippen LogP contribution in [0.2, 0.25) is 0 Å². The normalized spacial score (nSPS) is 14.7. The number of Topliss-reactive ketones (excluding diaryl/α,β-unsaturated/α-hetero) is 1. The number of likely N-dealkylation sites (tertiary alicyclic amines) is 1.